The van der Waals surface area contributed by atoms with Crippen LogP contribution in [0.3, 0.4) is 0 Å². The summed E-state index contributed by atoms with van der Waals surface area (Å²) in [5.74, 6) is -2.00. The van der Waals surface area contributed by atoms with Gasteiger partial charge in [0.2, 0.25) is 0 Å². The second kappa shape index (κ2) is 9.50. The van der Waals surface area contributed by atoms with Gasteiger partial charge >= 0.3 is 12.1 Å². The van der Waals surface area contributed by atoms with Crippen LogP contribution in [0.4, 0.5) is 13.2 Å². The lowest BCUT2D eigenvalue weighted by molar-refractivity contribution is -0.151. The molecule has 0 fully saturated rings. The van der Waals surface area contributed by atoms with Crippen LogP contribution in [-0.4, -0.2) is 50.8 Å². The van der Waals surface area contributed by atoms with Gasteiger partial charge in [-0.2, -0.15) is 13.2 Å². The van der Waals surface area contributed by atoms with Gasteiger partial charge in [0, 0.05) is 6.54 Å². The summed E-state index contributed by atoms with van der Waals surface area (Å²) in [7, 11) is 1.41. The molecule has 0 unspecified atom stereocenters. The molecular weight excluding hydrogens is 345 g/mol. The Kier molecular flexibility index (Phi) is 7.70. The Morgan fingerprint density at radius 2 is 1.80 bits per heavy atom. The van der Waals surface area contributed by atoms with Crippen molar-refractivity contribution in [3.8, 4) is 5.75 Å². The average molecular weight is 362 g/mol. The number of hydrogen-bond donors (Lipinski definition) is 2. The Morgan fingerprint density at radius 3 is 2.44 bits per heavy atom. The number of carbonyl (C=O) groups excluding carboxylic acids is 3. The van der Waals surface area contributed by atoms with Crippen LogP contribution in [0.25, 0.3) is 0 Å². The first kappa shape index (κ1) is 20.3. The monoisotopic (exact) mass is 362 g/mol. The molecule has 2 amide bonds. The van der Waals surface area contributed by atoms with E-state index in [4.69, 9.17) is 4.74 Å². The Hall–Kier alpha value is -2.78. The second-order valence-electron chi connectivity index (χ2n) is 4.76. The largest absolute Gasteiger partial charge is 0.496 e. The smallest absolute Gasteiger partial charge is 0.405 e. The van der Waals surface area contributed by atoms with E-state index in [9.17, 15) is 27.6 Å². The van der Waals surface area contributed by atoms with Crippen LogP contribution in [0.1, 0.15) is 16.8 Å². The summed E-state index contributed by atoms with van der Waals surface area (Å²) < 4.78 is 45.2. The Bertz CT molecular complexity index is 619. The van der Waals surface area contributed by atoms with Crippen LogP contribution in [0.5, 0.6) is 5.75 Å². The molecule has 0 atom stereocenters. The molecular formula is C15H17F3N2O5. The van der Waals surface area contributed by atoms with Crippen molar-refractivity contribution >= 4 is 17.8 Å². The van der Waals surface area contributed by atoms with Crippen molar-refractivity contribution in [2.75, 3.05) is 26.8 Å². The molecule has 0 heterocycles. The van der Waals surface area contributed by atoms with Gasteiger partial charge in [-0.25, -0.2) is 0 Å². The molecule has 0 spiro atoms. The molecule has 0 radical (unpaired) electrons. The molecule has 1 rings (SSSR count). The number of alkyl halides is 3. The molecule has 25 heavy (non-hydrogen) atoms. The topological polar surface area (TPSA) is 93.7 Å². The van der Waals surface area contributed by atoms with Crippen LogP contribution in [0.15, 0.2) is 24.3 Å². The fourth-order valence-electron chi connectivity index (χ4n) is 1.67. The lowest BCUT2D eigenvalue weighted by atomic mass is 10.2. The van der Waals surface area contributed by atoms with Crippen molar-refractivity contribution in [2.24, 2.45) is 0 Å². The lowest BCUT2D eigenvalue weighted by Gasteiger charge is -2.10. The maximum absolute atomic E-state index is 11.9. The van der Waals surface area contributed by atoms with Gasteiger partial charge in [-0.05, 0) is 12.1 Å². The first-order valence-electron chi connectivity index (χ1n) is 7.13. The predicted molar refractivity (Wildman–Crippen MR) is 80.0 cm³/mol. The highest BCUT2D eigenvalue weighted by atomic mass is 19.4. The zero-order valence-electron chi connectivity index (χ0n) is 13.3. The van der Waals surface area contributed by atoms with Gasteiger partial charge < -0.3 is 20.1 Å². The highest BCUT2D eigenvalue weighted by Crippen LogP contribution is 2.16. The predicted octanol–water partition coefficient (Wildman–Crippen LogP) is 1.04. The van der Waals surface area contributed by atoms with Crippen molar-refractivity contribution < 1.29 is 37.0 Å². The summed E-state index contributed by atoms with van der Waals surface area (Å²) in [5.41, 5.74) is 0.282. The molecule has 0 saturated heterocycles. The van der Waals surface area contributed by atoms with Crippen LogP contribution < -0.4 is 15.4 Å². The van der Waals surface area contributed by atoms with Gasteiger partial charge in [0.25, 0.3) is 11.8 Å². The minimum Gasteiger partial charge on any atom is -0.496 e. The number of ether oxygens (including phenoxy) is 2. The molecule has 10 heteroatoms. The number of esters is 1. The summed E-state index contributed by atoms with van der Waals surface area (Å²) in [4.78, 5) is 34.4. The molecule has 2 N–H and O–H groups in total. The first-order chi connectivity index (χ1) is 11.7. The van der Waals surface area contributed by atoms with Crippen molar-refractivity contribution in [3.63, 3.8) is 0 Å². The van der Waals surface area contributed by atoms with Crippen molar-refractivity contribution in [2.45, 2.75) is 12.6 Å². The summed E-state index contributed by atoms with van der Waals surface area (Å²) in [6.07, 6.45) is -4.78. The van der Waals surface area contributed by atoms with E-state index >= 15 is 0 Å². The van der Waals surface area contributed by atoms with E-state index in [1.54, 1.807) is 23.5 Å². The zero-order chi connectivity index (χ0) is 18.9. The molecule has 7 nitrogen and oxygen atoms in total. The fraction of sp³-hybridized carbons (Fsp3) is 0.400. The number of benzene rings is 1. The molecule has 0 aliphatic rings. The number of rotatable bonds is 8. The van der Waals surface area contributed by atoms with Crippen molar-refractivity contribution in [3.05, 3.63) is 29.8 Å². The second-order valence-corrected chi connectivity index (χ2v) is 4.76. The summed E-state index contributed by atoms with van der Waals surface area (Å²) in [6.45, 7) is -2.40. The normalized spacial score (nSPS) is 10.7. The number of carbonyl (C=O) groups is 3. The molecule has 1 aromatic carbocycles. The van der Waals surface area contributed by atoms with Crippen LogP contribution >= 0.6 is 0 Å². The summed E-state index contributed by atoms with van der Waals surface area (Å²) in [6, 6.07) is 6.47. The Balaban J connectivity index is 2.28. The van der Waals surface area contributed by atoms with E-state index in [0.717, 1.165) is 0 Å². The van der Waals surface area contributed by atoms with Gasteiger partial charge in [0.15, 0.2) is 6.61 Å². The van der Waals surface area contributed by atoms with Crippen LogP contribution in [-0.2, 0) is 14.3 Å². The highest BCUT2D eigenvalue weighted by molar-refractivity contribution is 5.97. The third-order valence-electron chi connectivity index (χ3n) is 2.82. The molecule has 1 aromatic rings. The standard InChI is InChI=1S/C15H17F3N2O5/c1-24-11-5-3-2-4-10(11)14(23)19-7-6-13(22)25-8-12(21)20-9-15(16,17)18/h2-5H,6-9H2,1H3,(H,19,23)(H,20,21). The van der Waals surface area contributed by atoms with Crippen LogP contribution in [0, 0.1) is 0 Å². The van der Waals surface area contributed by atoms with E-state index in [-0.39, 0.29) is 18.5 Å². The molecule has 0 aliphatic heterocycles. The maximum atomic E-state index is 11.9. The molecule has 0 saturated carbocycles. The van der Waals surface area contributed by atoms with E-state index < -0.39 is 37.1 Å². The van der Waals surface area contributed by atoms with Crippen molar-refractivity contribution in [1.29, 1.82) is 0 Å². The molecule has 0 bridgehead atoms. The van der Waals surface area contributed by atoms with E-state index in [1.807, 2.05) is 0 Å². The van der Waals surface area contributed by atoms with Gasteiger partial charge in [-0.15, -0.1) is 0 Å². The van der Waals surface area contributed by atoms with Crippen LogP contribution in [0.2, 0.25) is 0 Å². The quantitative estimate of drug-likeness (QED) is 0.674. The average Bonchev–Trinajstić information content (AvgIpc) is 2.57. The Morgan fingerprint density at radius 1 is 1.12 bits per heavy atom. The number of methoxy groups -OCH3 is 1. The highest BCUT2D eigenvalue weighted by Gasteiger charge is 2.27. The van der Waals surface area contributed by atoms with Gasteiger partial charge in [-0.1, -0.05) is 12.1 Å². The Labute approximate surface area is 141 Å². The minimum absolute atomic E-state index is 0.0696. The van der Waals surface area contributed by atoms with Crippen molar-refractivity contribution in [1.82, 2.24) is 10.6 Å². The number of hydrogen-bond acceptors (Lipinski definition) is 5. The lowest BCUT2D eigenvalue weighted by Crippen LogP contribution is -2.36. The van der Waals surface area contributed by atoms with Gasteiger partial charge in [0.05, 0.1) is 19.1 Å². The number of nitrogens with one attached hydrogen (secondary N) is 2. The maximum Gasteiger partial charge on any atom is 0.405 e. The first-order valence-corrected chi connectivity index (χ1v) is 7.13. The van der Waals surface area contributed by atoms with Gasteiger partial charge in [-0.3, -0.25) is 14.4 Å². The fourth-order valence-corrected chi connectivity index (χ4v) is 1.67. The SMILES string of the molecule is COc1ccccc1C(=O)NCCC(=O)OCC(=O)NCC(F)(F)F. The molecule has 0 aromatic heterocycles. The number of amides is 2. The molecule has 0 aliphatic carbocycles. The summed E-state index contributed by atoms with van der Waals surface area (Å²) >= 11 is 0. The number of halogens is 3. The van der Waals surface area contributed by atoms with E-state index in [2.05, 4.69) is 10.1 Å². The third kappa shape index (κ3) is 8.04. The summed E-state index contributed by atoms with van der Waals surface area (Å²) in [5, 5.41) is 4.03. The van der Waals surface area contributed by atoms with Gasteiger partial charge in [0.1, 0.15) is 12.3 Å². The zero-order valence-corrected chi connectivity index (χ0v) is 13.3. The minimum atomic E-state index is -4.54. The number of para-hydroxylation sites is 1. The van der Waals surface area contributed by atoms with E-state index in [1.165, 1.54) is 13.2 Å². The third-order valence-corrected chi connectivity index (χ3v) is 2.82. The van der Waals surface area contributed by atoms with E-state index in [0.29, 0.717) is 5.75 Å². The molecule has 138 valence electrons.